The first kappa shape index (κ1) is 30.0. The number of thioether (sulfide) groups is 1. The summed E-state index contributed by atoms with van der Waals surface area (Å²) in [6.07, 6.45) is 0.762. The van der Waals surface area contributed by atoms with E-state index in [9.17, 15) is 24.3 Å². The lowest BCUT2D eigenvalue weighted by atomic mass is 9.68. The van der Waals surface area contributed by atoms with Gasteiger partial charge >= 0.3 is 4.87 Å². The molecule has 0 spiro atoms. The number of phenolic OH excluding ortho intramolecular Hbond substituents is 1. The fraction of sp³-hybridized carbons (Fsp3) is 0.273. The number of halogens is 2. The molecule has 234 valence electrons. The number of imide groups is 1. The number of thiazole rings is 1. The molecule has 46 heavy (non-hydrogen) atoms. The summed E-state index contributed by atoms with van der Waals surface area (Å²) in [7, 11) is 0. The maximum atomic E-state index is 14.0. The summed E-state index contributed by atoms with van der Waals surface area (Å²) >= 11 is 9.84. The number of aromatic nitrogens is 1. The van der Waals surface area contributed by atoms with Crippen LogP contribution in [0.25, 0.3) is 0 Å². The molecule has 2 aliphatic heterocycles. The van der Waals surface area contributed by atoms with Crippen molar-refractivity contribution in [3.05, 3.63) is 95.8 Å². The van der Waals surface area contributed by atoms with E-state index in [0.29, 0.717) is 17.1 Å². The van der Waals surface area contributed by atoms with Crippen LogP contribution in [0, 0.1) is 29.6 Å². The third-order valence-corrected chi connectivity index (χ3v) is 13.2. The maximum absolute atomic E-state index is 14.0. The Bertz CT molecular complexity index is 1960. The Labute approximate surface area is 288 Å². The highest BCUT2D eigenvalue weighted by molar-refractivity contribution is 9.10. The highest BCUT2D eigenvalue weighted by Crippen LogP contribution is 2.69. The Balaban J connectivity index is 1.14. The van der Waals surface area contributed by atoms with Crippen LogP contribution >= 0.6 is 55.0 Å². The molecular weight excluding hydrogens is 758 g/mol. The fourth-order valence-corrected chi connectivity index (χ4v) is 11.5. The largest absolute Gasteiger partial charge is 0.508 e. The summed E-state index contributed by atoms with van der Waals surface area (Å²) in [6.45, 7) is -0.257. The number of aromatic amines is 1. The molecule has 9 nitrogen and oxygen atoms in total. The zero-order valence-corrected chi connectivity index (χ0v) is 28.6. The van der Waals surface area contributed by atoms with Crippen molar-refractivity contribution in [2.45, 2.75) is 22.6 Å². The summed E-state index contributed by atoms with van der Waals surface area (Å²) in [4.78, 5) is 58.7. The van der Waals surface area contributed by atoms with Gasteiger partial charge in [0.15, 0.2) is 6.61 Å². The first-order valence-corrected chi connectivity index (χ1v) is 18.0. The van der Waals surface area contributed by atoms with Crippen molar-refractivity contribution in [1.82, 2.24) is 4.98 Å². The first-order valence-electron chi connectivity index (χ1n) is 14.7. The molecule has 4 aromatic rings. The van der Waals surface area contributed by atoms with Gasteiger partial charge in [0.25, 0.3) is 5.91 Å². The Morgan fingerprint density at radius 2 is 1.65 bits per heavy atom. The number of rotatable bonds is 6. The Hall–Kier alpha value is -3.39. The molecule has 1 aromatic heterocycles. The summed E-state index contributed by atoms with van der Waals surface area (Å²) in [6, 6.07) is 19.0. The number of carbonyl (C=O) groups is 3. The molecule has 0 radical (unpaired) electrons. The predicted molar refractivity (Wildman–Crippen MR) is 182 cm³/mol. The van der Waals surface area contributed by atoms with E-state index in [4.69, 9.17) is 4.74 Å². The van der Waals surface area contributed by atoms with Gasteiger partial charge in [0, 0.05) is 36.2 Å². The van der Waals surface area contributed by atoms with E-state index in [2.05, 4.69) is 42.2 Å². The lowest BCUT2D eigenvalue weighted by molar-refractivity contribution is -0.123. The van der Waals surface area contributed by atoms with Gasteiger partial charge in [0.1, 0.15) is 11.5 Å². The number of aromatic hydroxyl groups is 1. The third-order valence-electron chi connectivity index (χ3n) is 9.63. The summed E-state index contributed by atoms with van der Waals surface area (Å²) in [5, 5.41) is 13.1. The Kier molecular flexibility index (Phi) is 7.42. The zero-order chi connectivity index (χ0) is 31.9. The number of H-pyrrole nitrogens is 1. The number of hydrogen-bond donors (Lipinski definition) is 3. The molecule has 3 fully saturated rings. The molecular formula is C33H25Br2N3O6S2. The van der Waals surface area contributed by atoms with E-state index in [1.807, 2.05) is 30.3 Å². The smallest absolute Gasteiger partial charge is 0.305 e. The minimum atomic E-state index is -0.435. The fourth-order valence-electron chi connectivity index (χ4n) is 7.99. The van der Waals surface area contributed by atoms with Crippen molar-refractivity contribution in [3.63, 3.8) is 0 Å². The molecule has 3 N–H and O–H groups in total. The second kappa shape index (κ2) is 11.4. The highest BCUT2D eigenvalue weighted by atomic mass is 79.9. The highest BCUT2D eigenvalue weighted by Gasteiger charge is 2.69. The summed E-state index contributed by atoms with van der Waals surface area (Å²) in [5.41, 5.74) is 1.93. The monoisotopic (exact) mass is 781 g/mol. The first-order chi connectivity index (χ1) is 22.2. The zero-order valence-electron chi connectivity index (χ0n) is 23.8. The predicted octanol–water partition coefficient (Wildman–Crippen LogP) is 6.36. The molecule has 8 rings (SSSR count). The summed E-state index contributed by atoms with van der Waals surface area (Å²) < 4.78 is 7.84. The van der Waals surface area contributed by atoms with Crippen LogP contribution in [-0.2, 0) is 14.4 Å². The number of fused-ring (bicyclic) bond motifs is 9. The number of amides is 3. The van der Waals surface area contributed by atoms with E-state index < -0.39 is 11.8 Å². The van der Waals surface area contributed by atoms with Gasteiger partial charge in [-0.25, -0.2) is 0 Å². The minimum absolute atomic E-state index is 0.0141. The number of nitrogens with zero attached hydrogens (tertiary/aromatic N) is 1. The minimum Gasteiger partial charge on any atom is -0.508 e. The molecule has 7 atom stereocenters. The van der Waals surface area contributed by atoms with Gasteiger partial charge in [-0.2, -0.15) is 0 Å². The average molecular weight is 784 g/mol. The molecule has 4 unspecified atom stereocenters. The van der Waals surface area contributed by atoms with Crippen molar-refractivity contribution < 1.29 is 24.2 Å². The van der Waals surface area contributed by atoms with Crippen LogP contribution in [0.4, 0.5) is 11.4 Å². The molecule has 13 heteroatoms. The van der Waals surface area contributed by atoms with Gasteiger partial charge in [-0.05, 0) is 90.9 Å². The van der Waals surface area contributed by atoms with Crippen molar-refractivity contribution in [3.8, 4) is 11.5 Å². The average Bonchev–Trinajstić information content (AvgIpc) is 3.77. The number of benzene rings is 3. The van der Waals surface area contributed by atoms with Crippen LogP contribution in [0.15, 0.2) is 85.5 Å². The molecule has 2 bridgehead atoms. The standard InChI is InChI=1S/C33H25Br2N3O6S2/c34-14-1-6-17(7-2-14)38-31(41)26-20-12-21(27(26)32(38)42)28-25(20)24(29-30(45-28)37-33(43)46-29)19-11-15(35)3-10-22(19)44-13-23(40)36-16-4-8-18(39)9-5-16/h1-11,20-21,24-28,39H,12-13H2,(H,36,40)(H,37,43)/t20-,21-,24-,25?,26?,27?,28?/m1/s1. The van der Waals surface area contributed by atoms with Gasteiger partial charge in [-0.15, -0.1) is 11.8 Å². The van der Waals surface area contributed by atoms with E-state index in [1.165, 1.54) is 28.4 Å². The van der Waals surface area contributed by atoms with Gasteiger partial charge in [-0.3, -0.25) is 24.1 Å². The van der Waals surface area contributed by atoms with E-state index in [0.717, 1.165) is 30.8 Å². The van der Waals surface area contributed by atoms with E-state index >= 15 is 0 Å². The lowest BCUT2D eigenvalue weighted by Gasteiger charge is -2.43. The Morgan fingerprint density at radius 1 is 0.957 bits per heavy atom. The molecule has 3 amide bonds. The molecule has 2 saturated carbocycles. The van der Waals surface area contributed by atoms with Gasteiger partial charge in [-0.1, -0.05) is 43.2 Å². The number of hydrogen-bond acceptors (Lipinski definition) is 8. The number of carbonyl (C=O) groups excluding carboxylic acids is 3. The number of ether oxygens (including phenoxy) is 1. The van der Waals surface area contributed by atoms with Crippen molar-refractivity contribution >= 4 is 84.1 Å². The van der Waals surface area contributed by atoms with Crippen LogP contribution in [0.3, 0.4) is 0 Å². The maximum Gasteiger partial charge on any atom is 0.305 e. The third kappa shape index (κ3) is 4.85. The molecule has 1 saturated heterocycles. The van der Waals surface area contributed by atoms with Crippen molar-refractivity contribution in [2.24, 2.45) is 29.6 Å². The molecule has 2 aliphatic carbocycles. The number of anilines is 2. The van der Waals surface area contributed by atoms with Crippen LogP contribution < -0.4 is 19.8 Å². The van der Waals surface area contributed by atoms with Crippen LogP contribution in [-0.4, -0.2) is 39.7 Å². The Morgan fingerprint density at radius 3 is 2.39 bits per heavy atom. The topological polar surface area (TPSA) is 129 Å². The van der Waals surface area contributed by atoms with Gasteiger partial charge < -0.3 is 20.1 Å². The van der Waals surface area contributed by atoms with E-state index in [-0.39, 0.29) is 63.9 Å². The van der Waals surface area contributed by atoms with Crippen molar-refractivity contribution in [2.75, 3.05) is 16.8 Å². The second-order valence-corrected chi connectivity index (χ2v) is 16.0. The van der Waals surface area contributed by atoms with Gasteiger partial charge in [0.2, 0.25) is 11.8 Å². The van der Waals surface area contributed by atoms with Crippen LogP contribution in [0.2, 0.25) is 0 Å². The molecule has 4 aliphatic rings. The molecule has 3 aromatic carbocycles. The van der Waals surface area contributed by atoms with E-state index in [1.54, 1.807) is 36.0 Å². The van der Waals surface area contributed by atoms with Crippen molar-refractivity contribution in [1.29, 1.82) is 0 Å². The quantitative estimate of drug-likeness (QED) is 0.153. The lowest BCUT2D eigenvalue weighted by Crippen LogP contribution is -2.42. The normalized spacial score (nSPS) is 27.3. The van der Waals surface area contributed by atoms with Crippen LogP contribution in [0.5, 0.6) is 11.5 Å². The summed E-state index contributed by atoms with van der Waals surface area (Å²) in [5.74, 6) is -1.28. The number of nitrogens with one attached hydrogen (secondary N) is 2. The molecule has 3 heterocycles. The second-order valence-electron chi connectivity index (χ2n) is 12.0. The SMILES string of the molecule is O=C(COc1ccc(Br)cc1[C@H]1c2sc(=O)[nH]c2SC2C1[C@H]1C[C@@H]2C2C(=O)N(c3ccc(Br)cc3)C(=O)C21)Nc1ccc(O)cc1. The van der Waals surface area contributed by atoms with Gasteiger partial charge in [0.05, 0.1) is 22.5 Å². The van der Waals surface area contributed by atoms with Crippen LogP contribution in [0.1, 0.15) is 22.8 Å². The number of phenols is 1.